The van der Waals surface area contributed by atoms with Crippen molar-refractivity contribution >= 4 is 17.6 Å². The fraction of sp³-hybridized carbons (Fsp3) is 0.176. The van der Waals surface area contributed by atoms with Gasteiger partial charge in [0.2, 0.25) is 0 Å². The van der Waals surface area contributed by atoms with Crippen LogP contribution in [0.4, 0.5) is 18.9 Å². The third kappa shape index (κ3) is 5.69. The van der Waals surface area contributed by atoms with Crippen LogP contribution in [-0.4, -0.2) is 25.3 Å². The van der Waals surface area contributed by atoms with E-state index in [2.05, 4.69) is 20.4 Å². The summed E-state index contributed by atoms with van der Waals surface area (Å²) < 4.78 is 41.2. The summed E-state index contributed by atoms with van der Waals surface area (Å²) in [5.41, 5.74) is 6.95. The van der Waals surface area contributed by atoms with Crippen LogP contribution in [0.15, 0.2) is 53.5 Å². The van der Waals surface area contributed by atoms with Crippen LogP contribution < -0.4 is 21.1 Å². The Morgan fingerprint density at radius 3 is 2.62 bits per heavy atom. The van der Waals surface area contributed by atoms with E-state index in [1.807, 2.05) is 0 Å². The summed E-state index contributed by atoms with van der Waals surface area (Å²) in [6, 6.07) is 12.2. The Balaban J connectivity index is 2.09. The molecule has 0 bridgehead atoms. The molecule has 0 aromatic heterocycles. The van der Waals surface area contributed by atoms with Crippen molar-refractivity contribution in [2.75, 3.05) is 12.4 Å². The highest BCUT2D eigenvalue weighted by atomic mass is 19.4. The molecule has 0 aliphatic heterocycles. The smallest absolute Gasteiger partial charge is 0.404 e. The van der Waals surface area contributed by atoms with E-state index in [1.54, 1.807) is 24.3 Å². The van der Waals surface area contributed by atoms with Crippen molar-refractivity contribution < 1.29 is 22.7 Å². The summed E-state index contributed by atoms with van der Waals surface area (Å²) in [5, 5.41) is 5.09. The number of rotatable bonds is 5. The first-order valence-electron chi connectivity index (χ1n) is 7.51. The van der Waals surface area contributed by atoms with Gasteiger partial charge in [0.25, 0.3) is 5.91 Å². The number of nitrogens with zero attached hydrogens (tertiary/aromatic N) is 1. The third-order valence-electron chi connectivity index (χ3n) is 3.22. The number of benzene rings is 2. The Morgan fingerprint density at radius 1 is 1.19 bits per heavy atom. The Kier molecular flexibility index (Phi) is 6.05. The molecule has 0 heterocycles. The number of ether oxygens (including phenoxy) is 1. The first-order chi connectivity index (χ1) is 12.3. The number of para-hydroxylation sites is 2. The van der Waals surface area contributed by atoms with Crippen LogP contribution in [-0.2, 0) is 6.54 Å². The monoisotopic (exact) mass is 366 g/mol. The van der Waals surface area contributed by atoms with E-state index in [1.165, 1.54) is 25.2 Å². The fourth-order valence-corrected chi connectivity index (χ4v) is 2.09. The van der Waals surface area contributed by atoms with Crippen LogP contribution in [0, 0.1) is 0 Å². The lowest BCUT2D eigenvalue weighted by Crippen LogP contribution is -2.24. The van der Waals surface area contributed by atoms with Crippen molar-refractivity contribution in [3.8, 4) is 5.75 Å². The molecule has 9 heteroatoms. The second-order valence-corrected chi connectivity index (χ2v) is 5.15. The molecule has 2 rings (SSSR count). The van der Waals surface area contributed by atoms with Gasteiger partial charge in [0.15, 0.2) is 11.7 Å². The van der Waals surface area contributed by atoms with E-state index in [4.69, 9.17) is 5.73 Å². The average molecular weight is 366 g/mol. The number of amides is 1. The van der Waals surface area contributed by atoms with Crippen LogP contribution in [0.5, 0.6) is 5.75 Å². The van der Waals surface area contributed by atoms with E-state index in [-0.39, 0.29) is 24.1 Å². The Labute approximate surface area is 147 Å². The largest absolute Gasteiger partial charge is 0.573 e. The molecule has 1 amide bonds. The number of aliphatic imine (C=N–C) groups is 1. The van der Waals surface area contributed by atoms with Crippen molar-refractivity contribution in [2.24, 2.45) is 10.7 Å². The predicted molar refractivity (Wildman–Crippen MR) is 91.9 cm³/mol. The van der Waals surface area contributed by atoms with Gasteiger partial charge in [0.1, 0.15) is 0 Å². The number of hydrogen-bond acceptors (Lipinski definition) is 3. The summed E-state index contributed by atoms with van der Waals surface area (Å²) in [4.78, 5) is 15.7. The molecule has 0 saturated carbocycles. The van der Waals surface area contributed by atoms with E-state index >= 15 is 0 Å². The Hall–Kier alpha value is -3.23. The summed E-state index contributed by atoms with van der Waals surface area (Å²) in [5.74, 6) is -0.742. The number of guanidine groups is 1. The molecule has 0 aliphatic rings. The molecule has 0 saturated heterocycles. The molecule has 2 aromatic rings. The van der Waals surface area contributed by atoms with Crippen molar-refractivity contribution in [3.05, 3.63) is 59.7 Å². The number of alkyl halides is 3. The SMILES string of the molecule is CNC(=O)c1cccc(CN=C(N)Nc2ccccc2OC(F)(F)F)c1. The van der Waals surface area contributed by atoms with Crippen LogP contribution in [0.3, 0.4) is 0 Å². The number of hydrogen-bond donors (Lipinski definition) is 3. The summed E-state index contributed by atoms with van der Waals surface area (Å²) >= 11 is 0. The fourth-order valence-electron chi connectivity index (χ4n) is 2.09. The van der Waals surface area contributed by atoms with Crippen LogP contribution in [0.25, 0.3) is 0 Å². The lowest BCUT2D eigenvalue weighted by atomic mass is 10.1. The molecule has 0 aliphatic carbocycles. The molecule has 0 radical (unpaired) electrons. The van der Waals surface area contributed by atoms with Gasteiger partial charge in [-0.2, -0.15) is 0 Å². The second kappa shape index (κ2) is 8.24. The zero-order valence-corrected chi connectivity index (χ0v) is 13.8. The molecule has 6 nitrogen and oxygen atoms in total. The second-order valence-electron chi connectivity index (χ2n) is 5.15. The van der Waals surface area contributed by atoms with Crippen molar-refractivity contribution in [1.29, 1.82) is 0 Å². The Bertz CT molecular complexity index is 807. The number of nitrogens with one attached hydrogen (secondary N) is 2. The van der Waals surface area contributed by atoms with E-state index in [0.717, 1.165) is 11.6 Å². The van der Waals surface area contributed by atoms with Gasteiger partial charge in [-0.25, -0.2) is 4.99 Å². The quantitative estimate of drug-likeness (QED) is 0.561. The standard InChI is InChI=1S/C17H17F3N4O2/c1-22-15(25)12-6-4-5-11(9-12)10-23-16(21)24-13-7-2-3-8-14(13)26-17(18,19)20/h2-9H,10H2,1H3,(H,22,25)(H3,21,23,24). The van der Waals surface area contributed by atoms with E-state index in [0.29, 0.717) is 5.56 Å². The van der Waals surface area contributed by atoms with Gasteiger partial charge in [-0.05, 0) is 29.8 Å². The average Bonchev–Trinajstić information content (AvgIpc) is 2.60. The maximum absolute atomic E-state index is 12.4. The molecule has 4 N–H and O–H groups in total. The van der Waals surface area contributed by atoms with E-state index < -0.39 is 12.1 Å². The minimum atomic E-state index is -4.82. The van der Waals surface area contributed by atoms with Crippen molar-refractivity contribution in [3.63, 3.8) is 0 Å². The van der Waals surface area contributed by atoms with Crippen molar-refractivity contribution in [2.45, 2.75) is 12.9 Å². The number of carbonyl (C=O) groups excluding carboxylic acids is 1. The summed E-state index contributed by atoms with van der Waals surface area (Å²) in [6.45, 7) is 0.145. The van der Waals surface area contributed by atoms with Gasteiger partial charge in [-0.1, -0.05) is 24.3 Å². The molecule has 0 atom stereocenters. The topological polar surface area (TPSA) is 88.7 Å². The first kappa shape index (κ1) is 19.1. The predicted octanol–water partition coefficient (Wildman–Crippen LogP) is 2.87. The zero-order valence-electron chi connectivity index (χ0n) is 13.8. The lowest BCUT2D eigenvalue weighted by molar-refractivity contribution is -0.274. The minimum absolute atomic E-state index is 0.0326. The molecular weight excluding hydrogens is 349 g/mol. The number of nitrogens with two attached hydrogens (primary N) is 1. The number of halogens is 3. The van der Waals surface area contributed by atoms with Crippen LogP contribution in [0.2, 0.25) is 0 Å². The van der Waals surface area contributed by atoms with Crippen LogP contribution >= 0.6 is 0 Å². The maximum atomic E-state index is 12.4. The van der Waals surface area contributed by atoms with E-state index in [9.17, 15) is 18.0 Å². The molecular formula is C17H17F3N4O2. The molecule has 138 valence electrons. The number of carbonyl (C=O) groups is 1. The highest BCUT2D eigenvalue weighted by Crippen LogP contribution is 2.29. The lowest BCUT2D eigenvalue weighted by Gasteiger charge is -2.14. The van der Waals surface area contributed by atoms with Gasteiger partial charge >= 0.3 is 6.36 Å². The highest BCUT2D eigenvalue weighted by molar-refractivity contribution is 5.94. The zero-order chi connectivity index (χ0) is 19.2. The molecule has 26 heavy (non-hydrogen) atoms. The first-order valence-corrected chi connectivity index (χ1v) is 7.51. The van der Waals surface area contributed by atoms with Gasteiger partial charge in [-0.3, -0.25) is 4.79 Å². The molecule has 0 unspecified atom stereocenters. The Morgan fingerprint density at radius 2 is 1.92 bits per heavy atom. The molecule has 2 aromatic carbocycles. The normalized spacial score (nSPS) is 11.8. The van der Waals surface area contributed by atoms with Gasteiger partial charge < -0.3 is 21.1 Å². The summed E-state index contributed by atoms with van der Waals surface area (Å²) in [6.07, 6.45) is -4.82. The van der Waals surface area contributed by atoms with Crippen molar-refractivity contribution in [1.82, 2.24) is 5.32 Å². The highest BCUT2D eigenvalue weighted by Gasteiger charge is 2.32. The summed E-state index contributed by atoms with van der Waals surface area (Å²) in [7, 11) is 1.52. The van der Waals surface area contributed by atoms with Crippen LogP contribution in [0.1, 0.15) is 15.9 Å². The number of anilines is 1. The molecule has 0 fully saturated rings. The minimum Gasteiger partial charge on any atom is -0.404 e. The maximum Gasteiger partial charge on any atom is 0.573 e. The third-order valence-corrected chi connectivity index (χ3v) is 3.22. The van der Waals surface area contributed by atoms with Gasteiger partial charge in [0.05, 0.1) is 12.2 Å². The van der Waals surface area contributed by atoms with Gasteiger partial charge in [-0.15, -0.1) is 13.2 Å². The molecule has 0 spiro atoms. The van der Waals surface area contributed by atoms with Gasteiger partial charge in [0, 0.05) is 12.6 Å².